The Balaban J connectivity index is 3.11. The first-order valence-corrected chi connectivity index (χ1v) is 5.19. The van der Waals surface area contributed by atoms with Gasteiger partial charge in [-0.1, -0.05) is 19.8 Å². The van der Waals surface area contributed by atoms with Crippen LogP contribution in [0.15, 0.2) is 16.3 Å². The highest BCUT2D eigenvalue weighted by Crippen LogP contribution is 2.36. The van der Waals surface area contributed by atoms with Crippen molar-refractivity contribution in [1.82, 2.24) is 0 Å². The molecular formula is C11H15NO4. The molecule has 1 heterocycles. The highest BCUT2D eigenvalue weighted by Gasteiger charge is 2.42. The molecule has 1 aliphatic rings. The van der Waals surface area contributed by atoms with Gasteiger partial charge in [0.15, 0.2) is 0 Å². The lowest BCUT2D eigenvalue weighted by Crippen LogP contribution is -2.34. The zero-order valence-corrected chi connectivity index (χ0v) is 9.36. The molecule has 0 bridgehead atoms. The Morgan fingerprint density at radius 2 is 2.19 bits per heavy atom. The van der Waals surface area contributed by atoms with Gasteiger partial charge in [0.05, 0.1) is 0 Å². The van der Waals surface area contributed by atoms with Crippen LogP contribution in [0.2, 0.25) is 0 Å². The first kappa shape index (κ1) is 12.4. The van der Waals surface area contributed by atoms with Crippen LogP contribution in [0.4, 0.5) is 0 Å². The van der Waals surface area contributed by atoms with Crippen LogP contribution >= 0.6 is 0 Å². The third-order valence-corrected chi connectivity index (χ3v) is 2.82. The fraction of sp³-hybridized carbons (Fsp3) is 0.545. The Hall–Kier alpha value is -1.65. The van der Waals surface area contributed by atoms with Crippen LogP contribution in [0.1, 0.15) is 33.1 Å². The van der Waals surface area contributed by atoms with Crippen molar-refractivity contribution in [2.24, 2.45) is 10.4 Å². The van der Waals surface area contributed by atoms with Gasteiger partial charge in [-0.25, -0.2) is 9.79 Å². The molecule has 1 aliphatic heterocycles. The van der Waals surface area contributed by atoms with Crippen molar-refractivity contribution in [3.05, 3.63) is 11.3 Å². The van der Waals surface area contributed by atoms with E-state index >= 15 is 0 Å². The fourth-order valence-corrected chi connectivity index (χ4v) is 1.64. The molecule has 0 aromatic rings. The maximum absolute atomic E-state index is 11.6. The minimum atomic E-state index is -1.27. The second-order valence-electron chi connectivity index (χ2n) is 4.07. The van der Waals surface area contributed by atoms with E-state index in [1.165, 1.54) is 6.92 Å². The third kappa shape index (κ3) is 1.98. The SMILES string of the molecule is CCCCC1(C)C(=O)N=CC(C(=O)O)=C1O. The van der Waals surface area contributed by atoms with E-state index in [2.05, 4.69) is 4.99 Å². The number of carboxylic acid groups (broad SMARTS) is 1. The molecule has 0 fully saturated rings. The zero-order chi connectivity index (χ0) is 12.3. The molecule has 0 aromatic carbocycles. The molecule has 5 nitrogen and oxygen atoms in total. The number of aliphatic hydroxyl groups is 1. The minimum Gasteiger partial charge on any atom is -0.510 e. The van der Waals surface area contributed by atoms with Crippen LogP contribution < -0.4 is 0 Å². The quantitative estimate of drug-likeness (QED) is 0.762. The Bertz CT molecular complexity index is 383. The van der Waals surface area contributed by atoms with Crippen LogP contribution in [0.5, 0.6) is 0 Å². The summed E-state index contributed by atoms with van der Waals surface area (Å²) in [5.74, 6) is -2.13. The molecule has 0 spiro atoms. The Morgan fingerprint density at radius 1 is 1.56 bits per heavy atom. The van der Waals surface area contributed by atoms with Gasteiger partial charge in [0.25, 0.3) is 5.91 Å². The van der Waals surface area contributed by atoms with E-state index in [0.29, 0.717) is 6.42 Å². The fourth-order valence-electron chi connectivity index (χ4n) is 1.64. The third-order valence-electron chi connectivity index (χ3n) is 2.82. The lowest BCUT2D eigenvalue weighted by Gasteiger charge is -2.28. The maximum Gasteiger partial charge on any atom is 0.340 e. The van der Waals surface area contributed by atoms with Crippen molar-refractivity contribution in [3.63, 3.8) is 0 Å². The number of nitrogens with zero attached hydrogens (tertiary/aromatic N) is 1. The number of carboxylic acids is 1. The molecule has 1 rings (SSSR count). The summed E-state index contributed by atoms with van der Waals surface area (Å²) in [6, 6.07) is 0. The first-order valence-electron chi connectivity index (χ1n) is 5.19. The normalized spacial score (nSPS) is 25.0. The number of carbonyl (C=O) groups is 2. The van der Waals surface area contributed by atoms with Crippen LogP contribution in [0.3, 0.4) is 0 Å². The Kier molecular flexibility index (Phi) is 3.47. The molecule has 0 radical (unpaired) electrons. The van der Waals surface area contributed by atoms with Gasteiger partial charge < -0.3 is 10.2 Å². The summed E-state index contributed by atoms with van der Waals surface area (Å²) < 4.78 is 0. The second-order valence-corrected chi connectivity index (χ2v) is 4.07. The first-order chi connectivity index (χ1) is 7.43. The van der Waals surface area contributed by atoms with E-state index in [0.717, 1.165) is 19.1 Å². The molecule has 1 amide bonds. The number of aliphatic imine (C=N–C) groups is 1. The minimum absolute atomic E-state index is 0.293. The molecule has 16 heavy (non-hydrogen) atoms. The summed E-state index contributed by atoms with van der Waals surface area (Å²) in [5.41, 5.74) is -1.48. The van der Waals surface area contributed by atoms with Gasteiger partial charge in [0, 0.05) is 6.21 Å². The summed E-state index contributed by atoms with van der Waals surface area (Å²) in [5, 5.41) is 18.7. The van der Waals surface area contributed by atoms with Crippen molar-refractivity contribution < 1.29 is 19.8 Å². The van der Waals surface area contributed by atoms with E-state index in [4.69, 9.17) is 5.11 Å². The van der Waals surface area contributed by atoms with E-state index in [1.54, 1.807) is 0 Å². The van der Waals surface area contributed by atoms with Crippen LogP contribution in [-0.2, 0) is 9.59 Å². The number of unbranched alkanes of at least 4 members (excludes halogenated alkanes) is 1. The summed E-state index contributed by atoms with van der Waals surface area (Å²) in [6.07, 6.45) is 2.91. The predicted molar refractivity (Wildman–Crippen MR) is 58.4 cm³/mol. The molecule has 5 heteroatoms. The van der Waals surface area contributed by atoms with Gasteiger partial charge in [0.2, 0.25) is 0 Å². The van der Waals surface area contributed by atoms with E-state index < -0.39 is 17.3 Å². The Morgan fingerprint density at radius 3 is 2.69 bits per heavy atom. The van der Waals surface area contributed by atoms with Gasteiger partial charge in [-0.05, 0) is 13.3 Å². The number of rotatable bonds is 4. The number of amides is 1. The van der Waals surface area contributed by atoms with E-state index in [1.807, 2.05) is 6.92 Å². The van der Waals surface area contributed by atoms with Crippen molar-refractivity contribution in [2.75, 3.05) is 0 Å². The van der Waals surface area contributed by atoms with Gasteiger partial charge in [0.1, 0.15) is 16.7 Å². The number of aliphatic hydroxyl groups excluding tert-OH is 1. The van der Waals surface area contributed by atoms with Crippen LogP contribution in [-0.4, -0.2) is 28.3 Å². The maximum atomic E-state index is 11.6. The molecule has 0 saturated heterocycles. The molecule has 88 valence electrons. The Labute approximate surface area is 93.5 Å². The molecule has 1 unspecified atom stereocenters. The summed E-state index contributed by atoms with van der Waals surface area (Å²) in [4.78, 5) is 26.0. The van der Waals surface area contributed by atoms with Crippen LogP contribution in [0.25, 0.3) is 0 Å². The molecular weight excluding hydrogens is 210 g/mol. The topological polar surface area (TPSA) is 87.0 Å². The van der Waals surface area contributed by atoms with Gasteiger partial charge in [-0.15, -0.1) is 0 Å². The molecule has 0 aliphatic carbocycles. The lowest BCUT2D eigenvalue weighted by molar-refractivity contribution is -0.132. The van der Waals surface area contributed by atoms with E-state index in [9.17, 15) is 14.7 Å². The van der Waals surface area contributed by atoms with Gasteiger partial charge in [-0.2, -0.15) is 0 Å². The summed E-state index contributed by atoms with van der Waals surface area (Å²) in [7, 11) is 0. The van der Waals surface area contributed by atoms with Crippen molar-refractivity contribution >= 4 is 18.1 Å². The number of carbonyl (C=O) groups excluding carboxylic acids is 1. The predicted octanol–water partition coefficient (Wildman–Crippen LogP) is 1.69. The number of aliphatic carboxylic acids is 1. The number of dihydropyridines is 1. The average molecular weight is 225 g/mol. The summed E-state index contributed by atoms with van der Waals surface area (Å²) >= 11 is 0. The van der Waals surface area contributed by atoms with Gasteiger partial charge >= 0.3 is 5.97 Å². The monoisotopic (exact) mass is 225 g/mol. The number of hydrogen-bond donors (Lipinski definition) is 2. The largest absolute Gasteiger partial charge is 0.510 e. The molecule has 1 atom stereocenters. The average Bonchev–Trinajstić information content (AvgIpc) is 2.23. The van der Waals surface area contributed by atoms with E-state index in [-0.39, 0.29) is 11.3 Å². The highest BCUT2D eigenvalue weighted by molar-refractivity contribution is 6.15. The highest BCUT2D eigenvalue weighted by atomic mass is 16.4. The van der Waals surface area contributed by atoms with Crippen LogP contribution in [0, 0.1) is 5.41 Å². The molecule has 0 saturated carbocycles. The standard InChI is InChI=1S/C11H15NO4/c1-3-4-5-11(2)8(13)7(9(14)15)6-12-10(11)16/h6,13H,3-5H2,1-2H3,(H,14,15). The number of hydrogen-bond acceptors (Lipinski definition) is 3. The van der Waals surface area contributed by atoms with Crippen molar-refractivity contribution in [1.29, 1.82) is 0 Å². The summed E-state index contributed by atoms with van der Waals surface area (Å²) in [6.45, 7) is 3.48. The van der Waals surface area contributed by atoms with Crippen molar-refractivity contribution in [2.45, 2.75) is 33.1 Å². The van der Waals surface area contributed by atoms with Crippen molar-refractivity contribution in [3.8, 4) is 0 Å². The smallest absolute Gasteiger partial charge is 0.340 e. The molecule has 2 N–H and O–H groups in total. The zero-order valence-electron chi connectivity index (χ0n) is 9.36. The lowest BCUT2D eigenvalue weighted by atomic mass is 9.79. The second kappa shape index (κ2) is 4.47. The van der Waals surface area contributed by atoms with Gasteiger partial charge in [-0.3, -0.25) is 4.79 Å². The molecule has 0 aromatic heterocycles.